The fourth-order valence-electron chi connectivity index (χ4n) is 2.28. The van der Waals surface area contributed by atoms with Crippen molar-refractivity contribution in [2.75, 3.05) is 6.54 Å². The van der Waals surface area contributed by atoms with Crippen LogP contribution in [0.4, 0.5) is 0 Å². The average Bonchev–Trinajstić information content (AvgIpc) is 3.05. The maximum Gasteiger partial charge on any atom is 0.237 e. The third kappa shape index (κ3) is 3.05. The standard InChI is InChI=1S/C13H16N4O.ClH/c18-13(11-2-1-4-14-11)16-9-10-3-6-17-7-5-15-12(17)8-10;/h3,5-8,11,14H,1-2,4,9H2,(H,16,18);1H/t11-;/m0./s1. The monoisotopic (exact) mass is 280 g/mol. The molecule has 0 radical (unpaired) electrons. The van der Waals surface area contributed by atoms with Crippen LogP contribution in [0, 0.1) is 0 Å². The number of nitrogens with zero attached hydrogens (tertiary/aromatic N) is 2. The van der Waals surface area contributed by atoms with Gasteiger partial charge >= 0.3 is 0 Å². The molecule has 2 N–H and O–H groups in total. The molecule has 0 spiro atoms. The van der Waals surface area contributed by atoms with Gasteiger partial charge in [-0.25, -0.2) is 4.98 Å². The third-order valence-electron chi connectivity index (χ3n) is 3.31. The summed E-state index contributed by atoms with van der Waals surface area (Å²) in [6.07, 6.45) is 7.64. The van der Waals surface area contributed by atoms with Crippen LogP contribution in [0.1, 0.15) is 18.4 Å². The van der Waals surface area contributed by atoms with E-state index >= 15 is 0 Å². The molecule has 2 aromatic rings. The molecule has 3 rings (SSSR count). The molecule has 0 bridgehead atoms. The van der Waals surface area contributed by atoms with Gasteiger partial charge < -0.3 is 15.0 Å². The molecule has 1 fully saturated rings. The normalized spacial score (nSPS) is 18.2. The molecule has 2 aromatic heterocycles. The van der Waals surface area contributed by atoms with Gasteiger partial charge in [-0.2, -0.15) is 0 Å². The first-order valence-corrected chi connectivity index (χ1v) is 6.25. The quantitative estimate of drug-likeness (QED) is 0.886. The number of hydrogen-bond donors (Lipinski definition) is 2. The van der Waals surface area contributed by atoms with E-state index in [9.17, 15) is 4.79 Å². The van der Waals surface area contributed by atoms with Crippen LogP contribution in [0.2, 0.25) is 0 Å². The Morgan fingerprint density at radius 2 is 2.42 bits per heavy atom. The molecule has 1 atom stereocenters. The predicted molar refractivity (Wildman–Crippen MR) is 75.3 cm³/mol. The lowest BCUT2D eigenvalue weighted by Crippen LogP contribution is -2.39. The first-order chi connectivity index (χ1) is 8.83. The molecule has 0 saturated carbocycles. The van der Waals surface area contributed by atoms with E-state index in [1.54, 1.807) is 6.20 Å². The molecule has 0 unspecified atom stereocenters. The number of imidazole rings is 1. The molecule has 102 valence electrons. The second-order valence-corrected chi connectivity index (χ2v) is 4.59. The minimum absolute atomic E-state index is 0. The van der Waals surface area contributed by atoms with E-state index in [0.717, 1.165) is 30.6 Å². The predicted octanol–water partition coefficient (Wildman–Crippen LogP) is 1.12. The molecule has 0 aliphatic carbocycles. The molecular weight excluding hydrogens is 264 g/mol. The highest BCUT2D eigenvalue weighted by molar-refractivity contribution is 5.85. The largest absolute Gasteiger partial charge is 0.351 e. The summed E-state index contributed by atoms with van der Waals surface area (Å²) < 4.78 is 1.95. The smallest absolute Gasteiger partial charge is 0.237 e. The number of amides is 1. The third-order valence-corrected chi connectivity index (χ3v) is 3.31. The van der Waals surface area contributed by atoms with Gasteiger partial charge in [-0.1, -0.05) is 0 Å². The van der Waals surface area contributed by atoms with Crippen LogP contribution < -0.4 is 10.6 Å². The molecule has 5 nitrogen and oxygen atoms in total. The van der Waals surface area contributed by atoms with E-state index in [4.69, 9.17) is 0 Å². The van der Waals surface area contributed by atoms with Crippen LogP contribution in [-0.2, 0) is 11.3 Å². The number of rotatable bonds is 3. The molecule has 1 amide bonds. The lowest BCUT2D eigenvalue weighted by atomic mass is 10.2. The van der Waals surface area contributed by atoms with E-state index in [2.05, 4.69) is 15.6 Å². The van der Waals surface area contributed by atoms with E-state index in [1.165, 1.54) is 0 Å². The number of halogens is 1. The Balaban J connectivity index is 0.00000133. The van der Waals surface area contributed by atoms with Crippen LogP contribution in [0.5, 0.6) is 0 Å². The van der Waals surface area contributed by atoms with Gasteiger partial charge in [0, 0.05) is 25.1 Å². The van der Waals surface area contributed by atoms with Crippen molar-refractivity contribution in [3.63, 3.8) is 0 Å². The molecular formula is C13H17ClN4O. The first kappa shape index (κ1) is 13.8. The number of carbonyl (C=O) groups excluding carboxylic acids is 1. The highest BCUT2D eigenvalue weighted by Crippen LogP contribution is 2.07. The Bertz CT molecular complexity index is 563. The Hall–Kier alpha value is -1.59. The van der Waals surface area contributed by atoms with E-state index in [-0.39, 0.29) is 24.4 Å². The topological polar surface area (TPSA) is 58.4 Å². The summed E-state index contributed by atoms with van der Waals surface area (Å²) in [5.41, 5.74) is 1.97. The minimum atomic E-state index is -0.0137. The van der Waals surface area contributed by atoms with Crippen molar-refractivity contribution in [3.8, 4) is 0 Å². The average molecular weight is 281 g/mol. The lowest BCUT2D eigenvalue weighted by Gasteiger charge is -2.11. The summed E-state index contributed by atoms with van der Waals surface area (Å²) in [6.45, 7) is 1.50. The zero-order valence-corrected chi connectivity index (χ0v) is 11.3. The number of carbonyl (C=O) groups is 1. The molecule has 1 saturated heterocycles. The van der Waals surface area contributed by atoms with Crippen molar-refractivity contribution in [2.45, 2.75) is 25.4 Å². The van der Waals surface area contributed by atoms with Gasteiger partial charge in [0.15, 0.2) is 0 Å². The first-order valence-electron chi connectivity index (χ1n) is 6.25. The second kappa shape index (κ2) is 6.04. The van der Waals surface area contributed by atoms with Gasteiger partial charge in [-0.05, 0) is 37.1 Å². The van der Waals surface area contributed by atoms with Crippen molar-refractivity contribution >= 4 is 24.0 Å². The highest BCUT2D eigenvalue weighted by atomic mass is 35.5. The zero-order chi connectivity index (χ0) is 12.4. The summed E-state index contributed by atoms with van der Waals surface area (Å²) in [7, 11) is 0. The van der Waals surface area contributed by atoms with Crippen LogP contribution >= 0.6 is 12.4 Å². The number of nitrogens with one attached hydrogen (secondary N) is 2. The Morgan fingerprint density at radius 3 is 3.21 bits per heavy atom. The molecule has 19 heavy (non-hydrogen) atoms. The van der Waals surface area contributed by atoms with Gasteiger partial charge in [0.25, 0.3) is 0 Å². The molecule has 6 heteroatoms. The van der Waals surface area contributed by atoms with Gasteiger partial charge in [0.05, 0.1) is 6.04 Å². The van der Waals surface area contributed by atoms with Crippen molar-refractivity contribution < 1.29 is 4.79 Å². The van der Waals surface area contributed by atoms with Crippen LogP contribution in [0.15, 0.2) is 30.7 Å². The number of fused-ring (bicyclic) bond motifs is 1. The van der Waals surface area contributed by atoms with Crippen molar-refractivity contribution in [2.24, 2.45) is 0 Å². The molecule has 0 aromatic carbocycles. The van der Waals surface area contributed by atoms with E-state index in [1.807, 2.05) is 28.9 Å². The minimum Gasteiger partial charge on any atom is -0.351 e. The van der Waals surface area contributed by atoms with Crippen molar-refractivity contribution in [1.82, 2.24) is 20.0 Å². The van der Waals surface area contributed by atoms with Crippen molar-refractivity contribution in [3.05, 3.63) is 36.3 Å². The maximum atomic E-state index is 11.8. The number of pyridine rings is 1. The zero-order valence-electron chi connectivity index (χ0n) is 10.5. The lowest BCUT2D eigenvalue weighted by molar-refractivity contribution is -0.122. The molecule has 1 aliphatic heterocycles. The Kier molecular flexibility index (Phi) is 4.39. The highest BCUT2D eigenvalue weighted by Gasteiger charge is 2.21. The van der Waals surface area contributed by atoms with Crippen LogP contribution in [-0.4, -0.2) is 27.9 Å². The van der Waals surface area contributed by atoms with Gasteiger partial charge in [-0.3, -0.25) is 4.79 Å². The molecule has 3 heterocycles. The van der Waals surface area contributed by atoms with E-state index < -0.39 is 0 Å². The summed E-state index contributed by atoms with van der Waals surface area (Å²) in [5, 5.41) is 6.15. The number of hydrogen-bond acceptors (Lipinski definition) is 3. The Morgan fingerprint density at radius 1 is 1.53 bits per heavy atom. The SMILES string of the molecule is Cl.O=C(NCc1ccn2ccnc2c1)[C@@H]1CCCN1. The fraction of sp³-hybridized carbons (Fsp3) is 0.385. The van der Waals surface area contributed by atoms with E-state index in [0.29, 0.717) is 6.54 Å². The number of aromatic nitrogens is 2. The summed E-state index contributed by atoms with van der Waals surface area (Å²) in [6, 6.07) is 3.97. The second-order valence-electron chi connectivity index (χ2n) is 4.59. The fourth-order valence-corrected chi connectivity index (χ4v) is 2.28. The summed E-state index contributed by atoms with van der Waals surface area (Å²) >= 11 is 0. The Labute approximate surface area is 117 Å². The molecule has 1 aliphatic rings. The van der Waals surface area contributed by atoms with Crippen LogP contribution in [0.3, 0.4) is 0 Å². The summed E-state index contributed by atoms with van der Waals surface area (Å²) in [5.74, 6) is 0.0933. The van der Waals surface area contributed by atoms with Crippen LogP contribution in [0.25, 0.3) is 5.65 Å². The van der Waals surface area contributed by atoms with Gasteiger partial charge in [-0.15, -0.1) is 12.4 Å². The maximum absolute atomic E-state index is 11.8. The summed E-state index contributed by atoms with van der Waals surface area (Å²) in [4.78, 5) is 16.1. The van der Waals surface area contributed by atoms with Gasteiger partial charge in [0.1, 0.15) is 5.65 Å². The van der Waals surface area contributed by atoms with Gasteiger partial charge in [0.2, 0.25) is 5.91 Å². The van der Waals surface area contributed by atoms with Crippen molar-refractivity contribution in [1.29, 1.82) is 0 Å².